The van der Waals surface area contributed by atoms with E-state index in [0.29, 0.717) is 24.2 Å². The fraction of sp³-hybridized carbons (Fsp3) is 0.500. The van der Waals surface area contributed by atoms with Crippen molar-refractivity contribution in [3.8, 4) is 6.07 Å². The summed E-state index contributed by atoms with van der Waals surface area (Å²) in [4.78, 5) is 14.4. The monoisotopic (exact) mass is 350 g/mol. The number of amides is 1. The van der Waals surface area contributed by atoms with Crippen molar-refractivity contribution in [2.45, 2.75) is 6.04 Å². The molecule has 8 heteroatoms. The summed E-state index contributed by atoms with van der Waals surface area (Å²) in [6.45, 7) is 1.36. The molecular formula is C16H22N4O3S. The molecule has 24 heavy (non-hydrogen) atoms. The Morgan fingerprint density at radius 3 is 2.46 bits per heavy atom. The maximum Gasteiger partial charge on any atom is 0.251 e. The third kappa shape index (κ3) is 4.54. The molecule has 1 saturated heterocycles. The van der Waals surface area contributed by atoms with Gasteiger partial charge in [0.15, 0.2) is 0 Å². The Morgan fingerprint density at radius 1 is 1.33 bits per heavy atom. The second-order valence-corrected chi connectivity index (χ2v) is 8.35. The first-order valence-electron chi connectivity index (χ1n) is 7.61. The van der Waals surface area contributed by atoms with Crippen LogP contribution in [0, 0.1) is 17.2 Å². The lowest BCUT2D eigenvalue weighted by Gasteiger charge is -2.22. The lowest BCUT2D eigenvalue weighted by Crippen LogP contribution is -2.43. The lowest BCUT2D eigenvalue weighted by molar-refractivity contribution is 0.0927. The zero-order valence-corrected chi connectivity index (χ0v) is 14.9. The summed E-state index contributed by atoms with van der Waals surface area (Å²) >= 11 is 0. The average molecular weight is 350 g/mol. The van der Waals surface area contributed by atoms with Gasteiger partial charge in [0, 0.05) is 37.2 Å². The molecular weight excluding hydrogens is 328 g/mol. The second kappa shape index (κ2) is 7.30. The second-order valence-electron chi connectivity index (χ2n) is 6.37. The van der Waals surface area contributed by atoms with E-state index in [4.69, 9.17) is 5.26 Å². The van der Waals surface area contributed by atoms with Crippen molar-refractivity contribution in [3.63, 3.8) is 0 Å². The van der Waals surface area contributed by atoms with Crippen molar-refractivity contribution >= 4 is 15.9 Å². The number of carbonyl (C=O) groups is 1. The number of carbonyl (C=O) groups excluding carboxylic acids is 1. The highest BCUT2D eigenvalue weighted by atomic mass is 32.2. The van der Waals surface area contributed by atoms with Gasteiger partial charge in [-0.15, -0.1) is 0 Å². The lowest BCUT2D eigenvalue weighted by atomic mass is 10.0. The number of hydrogen-bond acceptors (Lipinski definition) is 5. The van der Waals surface area contributed by atoms with Gasteiger partial charge in [0.25, 0.3) is 5.91 Å². The summed E-state index contributed by atoms with van der Waals surface area (Å²) in [5.41, 5.74) is 0.941. The van der Waals surface area contributed by atoms with Crippen molar-refractivity contribution in [1.29, 1.82) is 5.26 Å². The standard InChI is InChI=1S/C16H22N4O3S/c1-19(2)9-14-10-20(24(3,22)23)11-15(14)18-16(21)13-6-4-12(8-17)5-7-13/h4-7,14-15H,9-11H2,1-3H3,(H,18,21)/t14-,15-/m1/s1. The Balaban J connectivity index is 2.12. The van der Waals surface area contributed by atoms with Gasteiger partial charge in [-0.3, -0.25) is 4.79 Å². The van der Waals surface area contributed by atoms with E-state index in [9.17, 15) is 13.2 Å². The van der Waals surface area contributed by atoms with E-state index in [-0.39, 0.29) is 24.4 Å². The number of benzene rings is 1. The zero-order valence-electron chi connectivity index (χ0n) is 14.1. The topological polar surface area (TPSA) is 93.5 Å². The SMILES string of the molecule is CN(C)C[C@@H]1CN(S(C)(=O)=O)C[C@H]1NC(=O)c1ccc(C#N)cc1. The highest BCUT2D eigenvalue weighted by Crippen LogP contribution is 2.21. The minimum absolute atomic E-state index is 0.0251. The van der Waals surface area contributed by atoms with E-state index in [1.807, 2.05) is 25.1 Å². The van der Waals surface area contributed by atoms with Crippen LogP contribution >= 0.6 is 0 Å². The molecule has 1 aliphatic heterocycles. The molecule has 0 spiro atoms. The molecule has 0 aliphatic carbocycles. The average Bonchev–Trinajstić information content (AvgIpc) is 2.89. The predicted molar refractivity (Wildman–Crippen MR) is 90.9 cm³/mol. The molecule has 0 unspecified atom stereocenters. The fourth-order valence-electron chi connectivity index (χ4n) is 2.87. The maximum absolute atomic E-state index is 12.4. The van der Waals surface area contributed by atoms with Gasteiger partial charge in [-0.2, -0.15) is 9.57 Å². The van der Waals surface area contributed by atoms with Crippen LogP contribution in [0.1, 0.15) is 15.9 Å². The third-order valence-corrected chi connectivity index (χ3v) is 5.31. The Kier molecular flexibility index (Phi) is 5.59. The largest absolute Gasteiger partial charge is 0.348 e. The molecule has 2 rings (SSSR count). The zero-order chi connectivity index (χ0) is 17.9. The molecule has 0 saturated carbocycles. The Hall–Kier alpha value is -1.95. The fourth-order valence-corrected chi connectivity index (χ4v) is 3.76. The van der Waals surface area contributed by atoms with Crippen LogP contribution in [0.15, 0.2) is 24.3 Å². The summed E-state index contributed by atoms with van der Waals surface area (Å²) in [6, 6.07) is 8.13. The predicted octanol–water partition coefficient (Wildman–Crippen LogP) is 0.110. The number of hydrogen-bond donors (Lipinski definition) is 1. The molecule has 2 atom stereocenters. The van der Waals surface area contributed by atoms with Gasteiger partial charge in [-0.05, 0) is 38.4 Å². The normalized spacial score (nSPS) is 21.6. The number of rotatable bonds is 5. The van der Waals surface area contributed by atoms with Crippen molar-refractivity contribution in [2.24, 2.45) is 5.92 Å². The van der Waals surface area contributed by atoms with E-state index in [1.54, 1.807) is 24.3 Å². The van der Waals surface area contributed by atoms with Crippen LogP contribution in [-0.4, -0.2) is 69.6 Å². The Bertz CT molecular complexity index is 738. The van der Waals surface area contributed by atoms with Crippen LogP contribution < -0.4 is 5.32 Å². The van der Waals surface area contributed by atoms with Gasteiger partial charge in [-0.25, -0.2) is 8.42 Å². The molecule has 1 aromatic rings. The summed E-state index contributed by atoms with van der Waals surface area (Å²) in [5.74, 6) is -0.236. The molecule has 1 aromatic carbocycles. The van der Waals surface area contributed by atoms with E-state index in [1.165, 1.54) is 10.6 Å². The molecule has 1 N–H and O–H groups in total. The molecule has 1 heterocycles. The first-order valence-corrected chi connectivity index (χ1v) is 9.46. The third-order valence-electron chi connectivity index (χ3n) is 4.07. The van der Waals surface area contributed by atoms with Gasteiger partial charge in [-0.1, -0.05) is 0 Å². The van der Waals surface area contributed by atoms with Crippen LogP contribution in [-0.2, 0) is 10.0 Å². The Morgan fingerprint density at radius 2 is 1.96 bits per heavy atom. The van der Waals surface area contributed by atoms with Crippen LogP contribution in [0.3, 0.4) is 0 Å². The number of nitrogens with one attached hydrogen (secondary N) is 1. The van der Waals surface area contributed by atoms with Crippen molar-refractivity contribution in [1.82, 2.24) is 14.5 Å². The van der Waals surface area contributed by atoms with Crippen LogP contribution in [0.25, 0.3) is 0 Å². The van der Waals surface area contributed by atoms with Crippen LogP contribution in [0.5, 0.6) is 0 Å². The molecule has 1 fully saturated rings. The Labute approximate surface area is 142 Å². The molecule has 130 valence electrons. The van der Waals surface area contributed by atoms with E-state index >= 15 is 0 Å². The van der Waals surface area contributed by atoms with E-state index in [0.717, 1.165) is 0 Å². The molecule has 0 radical (unpaired) electrons. The van der Waals surface area contributed by atoms with Gasteiger partial charge >= 0.3 is 0 Å². The minimum Gasteiger partial charge on any atom is -0.348 e. The van der Waals surface area contributed by atoms with E-state index < -0.39 is 10.0 Å². The van der Waals surface area contributed by atoms with Gasteiger partial charge in [0.05, 0.1) is 17.9 Å². The summed E-state index contributed by atoms with van der Waals surface area (Å²) < 4.78 is 25.0. The summed E-state index contributed by atoms with van der Waals surface area (Å²) in [6.07, 6.45) is 1.19. The van der Waals surface area contributed by atoms with Crippen molar-refractivity contribution < 1.29 is 13.2 Å². The highest BCUT2D eigenvalue weighted by Gasteiger charge is 2.38. The molecule has 0 aromatic heterocycles. The van der Waals surface area contributed by atoms with Gasteiger partial charge in [0.2, 0.25) is 10.0 Å². The van der Waals surface area contributed by atoms with Gasteiger partial charge in [0.1, 0.15) is 0 Å². The molecule has 1 amide bonds. The number of nitrogens with zero attached hydrogens (tertiary/aromatic N) is 3. The van der Waals surface area contributed by atoms with Gasteiger partial charge < -0.3 is 10.2 Å². The smallest absolute Gasteiger partial charge is 0.251 e. The van der Waals surface area contributed by atoms with Crippen LogP contribution in [0.2, 0.25) is 0 Å². The van der Waals surface area contributed by atoms with Crippen molar-refractivity contribution in [3.05, 3.63) is 35.4 Å². The first kappa shape index (κ1) is 18.4. The van der Waals surface area contributed by atoms with Crippen LogP contribution in [0.4, 0.5) is 0 Å². The quantitative estimate of drug-likeness (QED) is 0.813. The number of sulfonamides is 1. The first-order chi connectivity index (χ1) is 11.2. The van der Waals surface area contributed by atoms with Crippen molar-refractivity contribution in [2.75, 3.05) is 40.0 Å². The minimum atomic E-state index is -3.29. The highest BCUT2D eigenvalue weighted by molar-refractivity contribution is 7.88. The maximum atomic E-state index is 12.4. The molecule has 7 nitrogen and oxygen atoms in total. The summed E-state index contributed by atoms with van der Waals surface area (Å²) in [7, 11) is 0.552. The molecule has 1 aliphatic rings. The summed E-state index contributed by atoms with van der Waals surface area (Å²) in [5, 5.41) is 11.7. The molecule has 0 bridgehead atoms. The van der Waals surface area contributed by atoms with E-state index in [2.05, 4.69) is 5.32 Å². The number of nitriles is 1.